The molecule has 1 aromatic heterocycles. The third-order valence-electron chi connectivity index (χ3n) is 1.28. The first-order valence-corrected chi connectivity index (χ1v) is 3.44. The van der Waals surface area contributed by atoms with Crippen LogP contribution in [0.2, 0.25) is 5.15 Å². The summed E-state index contributed by atoms with van der Waals surface area (Å²) in [6.07, 6.45) is 2.15. The predicted molar refractivity (Wildman–Crippen MR) is 56.7 cm³/mol. The highest BCUT2D eigenvalue weighted by atomic mass is 35.5. The van der Waals surface area contributed by atoms with Crippen LogP contribution in [0, 0.1) is 0 Å². The van der Waals surface area contributed by atoms with Crippen molar-refractivity contribution in [2.75, 3.05) is 0 Å². The van der Waals surface area contributed by atoms with Crippen molar-refractivity contribution in [1.29, 1.82) is 0 Å². The summed E-state index contributed by atoms with van der Waals surface area (Å²) in [6.45, 7) is 0. The van der Waals surface area contributed by atoms with Crippen LogP contribution >= 0.6 is 36.4 Å². The van der Waals surface area contributed by atoms with Gasteiger partial charge in [-0.1, -0.05) is 17.7 Å². The second kappa shape index (κ2) is 7.09. The minimum Gasteiger partial charge on any atom is -0.318 e. The maximum Gasteiger partial charge on any atom is 0.141 e. The van der Waals surface area contributed by atoms with E-state index >= 15 is 0 Å². The molecule has 1 unspecified atom stereocenters. The Bertz CT molecular complexity index is 252. The van der Waals surface area contributed by atoms with E-state index in [2.05, 4.69) is 4.98 Å². The van der Waals surface area contributed by atoms with Crippen molar-refractivity contribution in [3.63, 3.8) is 0 Å². The lowest BCUT2D eigenvalue weighted by Gasteiger charge is -2.01. The van der Waals surface area contributed by atoms with E-state index in [1.165, 1.54) is 6.20 Å². The van der Waals surface area contributed by atoms with Gasteiger partial charge >= 0.3 is 0 Å². The summed E-state index contributed by atoms with van der Waals surface area (Å²) in [7, 11) is 0. The molecule has 0 spiro atoms. The molecule has 74 valence electrons. The van der Waals surface area contributed by atoms with Gasteiger partial charge in [0.1, 0.15) is 11.4 Å². The monoisotopic (exact) mass is 242 g/mol. The molecule has 1 heterocycles. The molecule has 0 aliphatic rings. The molecule has 1 atom stereocenters. The van der Waals surface area contributed by atoms with Gasteiger partial charge in [-0.05, 0) is 11.6 Å². The van der Waals surface area contributed by atoms with Gasteiger partial charge in [-0.3, -0.25) is 0 Å². The van der Waals surface area contributed by atoms with Gasteiger partial charge in [0.25, 0.3) is 0 Å². The van der Waals surface area contributed by atoms with Crippen LogP contribution in [0.5, 0.6) is 0 Å². The number of carbonyl (C=O) groups is 1. The number of rotatable bonds is 2. The van der Waals surface area contributed by atoms with Gasteiger partial charge in [-0.2, -0.15) is 0 Å². The lowest BCUT2D eigenvalue weighted by Crippen LogP contribution is -2.11. The van der Waals surface area contributed by atoms with Crippen molar-refractivity contribution in [3.8, 4) is 0 Å². The third kappa shape index (κ3) is 4.43. The summed E-state index contributed by atoms with van der Waals surface area (Å²) in [6, 6.07) is 2.68. The number of aldehydes is 1. The van der Waals surface area contributed by atoms with Crippen LogP contribution in [0.15, 0.2) is 18.3 Å². The lowest BCUT2D eigenvalue weighted by atomic mass is 10.1. The number of carbonyl (C=O) groups excluding carboxylic acids is 1. The number of nitrogens with two attached hydrogens (primary N) is 1. The van der Waals surface area contributed by atoms with Gasteiger partial charge < -0.3 is 10.5 Å². The average molecular weight is 244 g/mol. The Morgan fingerprint density at radius 3 is 2.46 bits per heavy atom. The van der Waals surface area contributed by atoms with Crippen molar-refractivity contribution in [3.05, 3.63) is 29.0 Å². The highest BCUT2D eigenvalue weighted by molar-refractivity contribution is 6.29. The molecule has 0 amide bonds. The van der Waals surface area contributed by atoms with Crippen LogP contribution in [0.1, 0.15) is 11.6 Å². The van der Waals surface area contributed by atoms with E-state index in [0.29, 0.717) is 17.0 Å². The molecule has 0 saturated carbocycles. The Morgan fingerprint density at radius 1 is 1.46 bits per heavy atom. The highest BCUT2D eigenvalue weighted by Crippen LogP contribution is 2.09. The number of hydrogen-bond acceptors (Lipinski definition) is 3. The Hall–Kier alpha value is -0.350. The first kappa shape index (κ1) is 15.1. The van der Waals surface area contributed by atoms with E-state index < -0.39 is 6.04 Å². The number of pyridine rings is 1. The van der Waals surface area contributed by atoms with Gasteiger partial charge in [0.2, 0.25) is 0 Å². The summed E-state index contributed by atoms with van der Waals surface area (Å²) >= 11 is 5.52. The zero-order chi connectivity index (χ0) is 8.27. The number of nitrogens with zero attached hydrogens (tertiary/aromatic N) is 1. The fourth-order valence-electron chi connectivity index (χ4n) is 0.663. The summed E-state index contributed by atoms with van der Waals surface area (Å²) < 4.78 is 0. The van der Waals surface area contributed by atoms with Crippen molar-refractivity contribution in [1.82, 2.24) is 4.98 Å². The van der Waals surface area contributed by atoms with Crippen LogP contribution < -0.4 is 5.73 Å². The molecule has 0 fully saturated rings. The number of hydrogen-bond donors (Lipinski definition) is 1. The molecule has 0 aromatic carbocycles. The van der Waals surface area contributed by atoms with E-state index in [1.807, 2.05) is 0 Å². The van der Waals surface area contributed by atoms with Gasteiger partial charge in [0.05, 0.1) is 6.04 Å². The van der Waals surface area contributed by atoms with E-state index in [0.717, 1.165) is 0 Å². The minimum absolute atomic E-state index is 0. The maximum absolute atomic E-state index is 10.2. The fourth-order valence-corrected chi connectivity index (χ4v) is 0.775. The van der Waals surface area contributed by atoms with Gasteiger partial charge in [0, 0.05) is 6.20 Å². The normalized spacial score (nSPS) is 10.6. The van der Waals surface area contributed by atoms with Crippen molar-refractivity contribution < 1.29 is 4.79 Å². The molecular weight excluding hydrogens is 234 g/mol. The molecule has 0 aliphatic carbocycles. The molecule has 1 aromatic rings. The van der Waals surface area contributed by atoms with Crippen LogP contribution in [0.4, 0.5) is 0 Å². The second-order valence-corrected chi connectivity index (χ2v) is 2.46. The average Bonchev–Trinajstić information content (AvgIpc) is 2.05. The van der Waals surface area contributed by atoms with Crippen molar-refractivity contribution >= 4 is 42.7 Å². The quantitative estimate of drug-likeness (QED) is 0.636. The standard InChI is InChI=1S/C7H7ClN2O.2ClH/c8-7-2-1-5(3-10-7)6(9)4-11;;/h1-4,6H,9H2;2*1H. The summed E-state index contributed by atoms with van der Waals surface area (Å²) in [5.74, 6) is 0. The molecule has 0 saturated heterocycles. The molecule has 2 N–H and O–H groups in total. The highest BCUT2D eigenvalue weighted by Gasteiger charge is 2.02. The summed E-state index contributed by atoms with van der Waals surface area (Å²) in [5, 5.41) is 0.395. The van der Waals surface area contributed by atoms with Crippen LogP contribution in [0.3, 0.4) is 0 Å². The topological polar surface area (TPSA) is 56.0 Å². The largest absolute Gasteiger partial charge is 0.318 e. The molecule has 0 radical (unpaired) electrons. The molecule has 0 aliphatic heterocycles. The zero-order valence-corrected chi connectivity index (χ0v) is 8.90. The van der Waals surface area contributed by atoms with Crippen molar-refractivity contribution in [2.24, 2.45) is 5.73 Å². The second-order valence-electron chi connectivity index (χ2n) is 2.08. The minimum atomic E-state index is -0.597. The lowest BCUT2D eigenvalue weighted by molar-refractivity contribution is -0.109. The van der Waals surface area contributed by atoms with Crippen LogP contribution in [-0.4, -0.2) is 11.3 Å². The molecule has 1 rings (SSSR count). The van der Waals surface area contributed by atoms with E-state index in [1.54, 1.807) is 12.1 Å². The van der Waals surface area contributed by atoms with E-state index in [4.69, 9.17) is 17.3 Å². The zero-order valence-electron chi connectivity index (χ0n) is 6.51. The van der Waals surface area contributed by atoms with Gasteiger partial charge in [0.15, 0.2) is 0 Å². The first-order valence-electron chi connectivity index (χ1n) is 3.06. The first-order chi connectivity index (χ1) is 5.24. The van der Waals surface area contributed by atoms with Crippen molar-refractivity contribution in [2.45, 2.75) is 6.04 Å². The maximum atomic E-state index is 10.2. The Labute approximate surface area is 93.5 Å². The van der Waals surface area contributed by atoms with Crippen LogP contribution in [-0.2, 0) is 4.79 Å². The molecule has 6 heteroatoms. The smallest absolute Gasteiger partial charge is 0.141 e. The number of aromatic nitrogens is 1. The third-order valence-corrected chi connectivity index (χ3v) is 1.51. The molecule has 3 nitrogen and oxygen atoms in total. The Morgan fingerprint density at radius 2 is 2.08 bits per heavy atom. The van der Waals surface area contributed by atoms with Gasteiger partial charge in [-0.15, -0.1) is 24.8 Å². The van der Waals surface area contributed by atoms with Crippen LogP contribution in [0.25, 0.3) is 0 Å². The molecule has 13 heavy (non-hydrogen) atoms. The van der Waals surface area contributed by atoms with E-state index in [-0.39, 0.29) is 24.8 Å². The summed E-state index contributed by atoms with van der Waals surface area (Å²) in [5.41, 5.74) is 6.06. The van der Waals surface area contributed by atoms with Gasteiger partial charge in [-0.25, -0.2) is 4.98 Å². The molecular formula is C7H9Cl3N2O. The fraction of sp³-hybridized carbons (Fsp3) is 0.143. The summed E-state index contributed by atoms with van der Waals surface area (Å²) in [4.78, 5) is 14.0. The Kier molecular flexibility index (Phi) is 8.26. The Balaban J connectivity index is 0. The number of halogens is 3. The molecule has 0 bridgehead atoms. The SMILES string of the molecule is Cl.Cl.NC(C=O)c1ccc(Cl)nc1. The van der Waals surface area contributed by atoms with E-state index in [9.17, 15) is 4.79 Å². The predicted octanol–water partition coefficient (Wildman–Crippen LogP) is 1.78.